The predicted molar refractivity (Wildman–Crippen MR) is 81.4 cm³/mol. The number of hydrogen-bond donors (Lipinski definition) is 3. The first-order chi connectivity index (χ1) is 10.1. The lowest BCUT2D eigenvalue weighted by molar-refractivity contribution is -0.137. The summed E-state index contributed by atoms with van der Waals surface area (Å²) in [6, 6.07) is 3.27. The van der Waals surface area contributed by atoms with Crippen LogP contribution in [0.2, 0.25) is 0 Å². The summed E-state index contributed by atoms with van der Waals surface area (Å²) >= 11 is 1.46. The first kappa shape index (κ1) is 15.9. The Morgan fingerprint density at radius 3 is 3.00 bits per heavy atom. The summed E-state index contributed by atoms with van der Waals surface area (Å²) in [7, 11) is 0. The second-order valence-electron chi connectivity index (χ2n) is 5.11. The largest absolute Gasteiger partial charge is 0.481 e. The van der Waals surface area contributed by atoms with Crippen LogP contribution in [-0.4, -0.2) is 54.6 Å². The third kappa shape index (κ3) is 5.45. The Labute approximate surface area is 128 Å². The van der Waals surface area contributed by atoms with E-state index in [0.29, 0.717) is 6.54 Å². The van der Waals surface area contributed by atoms with Gasteiger partial charge in [0.15, 0.2) is 0 Å². The fraction of sp³-hybridized carbons (Fsp3) is 0.571. The quantitative estimate of drug-likeness (QED) is 0.719. The number of carbonyl (C=O) groups is 2. The van der Waals surface area contributed by atoms with Crippen molar-refractivity contribution in [2.75, 3.05) is 32.7 Å². The van der Waals surface area contributed by atoms with Crippen LogP contribution in [0.5, 0.6) is 0 Å². The molecular weight excluding hydrogens is 290 g/mol. The molecule has 1 fully saturated rings. The lowest BCUT2D eigenvalue weighted by Crippen LogP contribution is -2.40. The van der Waals surface area contributed by atoms with Crippen molar-refractivity contribution < 1.29 is 14.7 Å². The maximum absolute atomic E-state index is 12.1. The van der Waals surface area contributed by atoms with E-state index in [9.17, 15) is 9.59 Å². The van der Waals surface area contributed by atoms with Gasteiger partial charge >= 0.3 is 5.97 Å². The molecule has 1 amide bonds. The molecule has 0 bridgehead atoms. The smallest absolute Gasteiger partial charge is 0.305 e. The van der Waals surface area contributed by atoms with E-state index in [1.165, 1.54) is 11.3 Å². The Balaban J connectivity index is 1.89. The minimum atomic E-state index is -0.910. The van der Waals surface area contributed by atoms with E-state index in [1.807, 2.05) is 17.5 Å². The lowest BCUT2D eigenvalue weighted by Gasteiger charge is -2.21. The molecular formula is C14H21N3O3S. The molecule has 116 valence electrons. The summed E-state index contributed by atoms with van der Waals surface area (Å²) in [4.78, 5) is 26.1. The number of hydrogen-bond acceptors (Lipinski definition) is 5. The highest BCUT2D eigenvalue weighted by molar-refractivity contribution is 7.10. The van der Waals surface area contributed by atoms with Crippen LogP contribution in [0.4, 0.5) is 0 Å². The van der Waals surface area contributed by atoms with Crippen molar-refractivity contribution in [3.8, 4) is 0 Å². The van der Waals surface area contributed by atoms with Crippen LogP contribution in [0.3, 0.4) is 0 Å². The fourth-order valence-electron chi connectivity index (χ4n) is 2.39. The minimum Gasteiger partial charge on any atom is -0.481 e. The van der Waals surface area contributed by atoms with Gasteiger partial charge < -0.3 is 15.7 Å². The lowest BCUT2D eigenvalue weighted by atomic mass is 10.1. The zero-order valence-corrected chi connectivity index (χ0v) is 12.7. The van der Waals surface area contributed by atoms with Crippen LogP contribution in [0.25, 0.3) is 0 Å². The zero-order valence-electron chi connectivity index (χ0n) is 11.9. The molecule has 0 aromatic carbocycles. The third-order valence-electron chi connectivity index (χ3n) is 3.40. The van der Waals surface area contributed by atoms with E-state index < -0.39 is 12.0 Å². The molecule has 0 saturated carbocycles. The van der Waals surface area contributed by atoms with Crippen molar-refractivity contribution in [3.63, 3.8) is 0 Å². The molecule has 1 unspecified atom stereocenters. The molecule has 1 atom stereocenters. The number of thiophene rings is 1. The maximum atomic E-state index is 12.1. The van der Waals surface area contributed by atoms with Crippen molar-refractivity contribution in [2.45, 2.75) is 18.9 Å². The van der Waals surface area contributed by atoms with Crippen LogP contribution in [0.15, 0.2) is 17.5 Å². The SMILES string of the molecule is O=C(O)CC(NC(=O)CN1CCCNCC1)c1cccs1. The van der Waals surface area contributed by atoms with Gasteiger partial charge in [-0.3, -0.25) is 14.5 Å². The molecule has 7 heteroatoms. The Morgan fingerprint density at radius 2 is 2.29 bits per heavy atom. The minimum absolute atomic E-state index is 0.0895. The molecule has 2 heterocycles. The van der Waals surface area contributed by atoms with Crippen LogP contribution >= 0.6 is 11.3 Å². The first-order valence-corrected chi connectivity index (χ1v) is 8.01. The van der Waals surface area contributed by atoms with Crippen LogP contribution in [0.1, 0.15) is 23.8 Å². The third-order valence-corrected chi connectivity index (χ3v) is 4.39. The average molecular weight is 311 g/mol. The Morgan fingerprint density at radius 1 is 1.43 bits per heavy atom. The zero-order chi connectivity index (χ0) is 15.1. The van der Waals surface area contributed by atoms with E-state index in [1.54, 1.807) is 0 Å². The van der Waals surface area contributed by atoms with Crippen LogP contribution in [-0.2, 0) is 9.59 Å². The van der Waals surface area contributed by atoms with Crippen molar-refractivity contribution in [1.29, 1.82) is 0 Å². The predicted octanol–water partition coefficient (Wildman–Crippen LogP) is 0.675. The molecule has 0 radical (unpaired) electrons. The summed E-state index contributed by atoms with van der Waals surface area (Å²) in [5, 5.41) is 17.0. The van der Waals surface area contributed by atoms with E-state index in [4.69, 9.17) is 5.11 Å². The summed E-state index contributed by atoms with van der Waals surface area (Å²) in [5.74, 6) is -1.02. The molecule has 1 saturated heterocycles. The van der Waals surface area contributed by atoms with E-state index in [0.717, 1.165) is 37.5 Å². The van der Waals surface area contributed by atoms with Crippen molar-refractivity contribution in [1.82, 2.24) is 15.5 Å². The number of amides is 1. The van der Waals surface area contributed by atoms with Crippen LogP contribution < -0.4 is 10.6 Å². The maximum Gasteiger partial charge on any atom is 0.305 e. The number of rotatable bonds is 6. The number of nitrogens with one attached hydrogen (secondary N) is 2. The number of carboxylic acids is 1. The van der Waals surface area contributed by atoms with Gasteiger partial charge in [-0.1, -0.05) is 6.07 Å². The van der Waals surface area contributed by atoms with Gasteiger partial charge in [-0.2, -0.15) is 0 Å². The topological polar surface area (TPSA) is 81.7 Å². The number of aliphatic carboxylic acids is 1. The van der Waals surface area contributed by atoms with E-state index in [2.05, 4.69) is 15.5 Å². The summed E-state index contributed by atoms with van der Waals surface area (Å²) in [6.07, 6.45) is 0.935. The van der Waals surface area contributed by atoms with Gasteiger partial charge in [-0.25, -0.2) is 0 Å². The van der Waals surface area contributed by atoms with Gasteiger partial charge in [-0.15, -0.1) is 11.3 Å². The Kier molecular flexibility index (Phi) is 6.16. The molecule has 3 N–H and O–H groups in total. The van der Waals surface area contributed by atoms with Crippen molar-refractivity contribution in [3.05, 3.63) is 22.4 Å². The van der Waals surface area contributed by atoms with Gasteiger partial charge in [0, 0.05) is 18.0 Å². The second-order valence-corrected chi connectivity index (χ2v) is 6.09. The number of carboxylic acid groups (broad SMARTS) is 1. The summed E-state index contributed by atoms with van der Waals surface area (Å²) in [5.41, 5.74) is 0. The van der Waals surface area contributed by atoms with Crippen molar-refractivity contribution in [2.24, 2.45) is 0 Å². The molecule has 2 rings (SSSR count). The van der Waals surface area contributed by atoms with Gasteiger partial charge in [-0.05, 0) is 31.0 Å². The highest BCUT2D eigenvalue weighted by Crippen LogP contribution is 2.21. The molecule has 21 heavy (non-hydrogen) atoms. The average Bonchev–Trinajstić information content (AvgIpc) is 2.84. The van der Waals surface area contributed by atoms with Gasteiger partial charge in [0.25, 0.3) is 0 Å². The number of carbonyl (C=O) groups excluding carboxylic acids is 1. The molecule has 1 aliphatic rings. The Hall–Kier alpha value is -1.44. The van der Waals surface area contributed by atoms with Gasteiger partial charge in [0.05, 0.1) is 19.0 Å². The van der Waals surface area contributed by atoms with Crippen molar-refractivity contribution >= 4 is 23.2 Å². The summed E-state index contributed by atoms with van der Waals surface area (Å²) < 4.78 is 0. The van der Waals surface area contributed by atoms with Gasteiger partial charge in [0.1, 0.15) is 0 Å². The Bertz CT molecular complexity index is 456. The second kappa shape index (κ2) is 8.11. The molecule has 6 nitrogen and oxygen atoms in total. The monoisotopic (exact) mass is 311 g/mol. The molecule has 1 aromatic heterocycles. The fourth-order valence-corrected chi connectivity index (χ4v) is 3.17. The number of nitrogens with zero attached hydrogens (tertiary/aromatic N) is 1. The highest BCUT2D eigenvalue weighted by atomic mass is 32.1. The molecule has 1 aromatic rings. The molecule has 0 spiro atoms. The van der Waals surface area contributed by atoms with Crippen LogP contribution in [0, 0.1) is 0 Å². The molecule has 1 aliphatic heterocycles. The summed E-state index contributed by atoms with van der Waals surface area (Å²) in [6.45, 7) is 3.92. The first-order valence-electron chi connectivity index (χ1n) is 7.13. The van der Waals surface area contributed by atoms with E-state index in [-0.39, 0.29) is 12.3 Å². The standard InChI is InChI=1S/C14H21N3O3S/c18-13(10-17-6-2-4-15-5-7-17)16-11(9-14(19)20)12-3-1-8-21-12/h1,3,8,11,15H,2,4-7,9-10H2,(H,16,18)(H,19,20). The molecule has 0 aliphatic carbocycles. The van der Waals surface area contributed by atoms with E-state index >= 15 is 0 Å². The normalized spacial score (nSPS) is 17.9. The highest BCUT2D eigenvalue weighted by Gasteiger charge is 2.20. The van der Waals surface area contributed by atoms with Gasteiger partial charge in [0.2, 0.25) is 5.91 Å².